The van der Waals surface area contributed by atoms with Crippen LogP contribution in [-0.4, -0.2) is 96.3 Å². The lowest BCUT2D eigenvalue weighted by molar-refractivity contribution is -0.0131. The number of ether oxygens (including phenoxy) is 6. The normalized spacial score (nSPS) is 11.6. The smallest absolute Gasteiger partial charge is 0.410 e. The fourth-order valence-electron chi connectivity index (χ4n) is 2.07. The van der Waals surface area contributed by atoms with Gasteiger partial charge in [0.2, 0.25) is 0 Å². The van der Waals surface area contributed by atoms with Crippen molar-refractivity contribution in [3.63, 3.8) is 0 Å². The molecule has 8 heteroatoms. The lowest BCUT2D eigenvalue weighted by Crippen LogP contribution is -2.36. The van der Waals surface area contributed by atoms with Crippen LogP contribution in [0.5, 0.6) is 0 Å². The van der Waals surface area contributed by atoms with Gasteiger partial charge in [-0.25, -0.2) is 4.79 Å². The molecule has 0 heterocycles. The Morgan fingerprint density at radius 3 is 1.52 bits per heavy atom. The van der Waals surface area contributed by atoms with Gasteiger partial charge in [-0.05, 0) is 27.2 Å². The minimum absolute atomic E-state index is 0.349. The van der Waals surface area contributed by atoms with Crippen LogP contribution in [0.3, 0.4) is 0 Å². The molecule has 8 nitrogen and oxygen atoms in total. The van der Waals surface area contributed by atoms with E-state index in [9.17, 15) is 4.79 Å². The van der Waals surface area contributed by atoms with E-state index in [4.69, 9.17) is 28.4 Å². The number of rotatable bonds is 19. The van der Waals surface area contributed by atoms with E-state index in [1.54, 1.807) is 7.05 Å². The van der Waals surface area contributed by atoms with Crippen LogP contribution >= 0.6 is 0 Å². The quantitative estimate of drug-likeness (QED) is 0.297. The number of carbonyl (C=O) groups excluding carboxylic acids is 1. The van der Waals surface area contributed by atoms with Crippen LogP contribution in [0.1, 0.15) is 47.0 Å². The number of carbonyl (C=O) groups is 1. The predicted molar refractivity (Wildman–Crippen MR) is 112 cm³/mol. The minimum atomic E-state index is -0.490. The van der Waals surface area contributed by atoms with E-state index in [1.165, 1.54) is 17.7 Å². The van der Waals surface area contributed by atoms with Gasteiger partial charge in [0, 0.05) is 20.2 Å². The first-order chi connectivity index (χ1) is 13.9. The molecule has 0 aliphatic heterocycles. The molecule has 0 aliphatic rings. The summed E-state index contributed by atoms with van der Waals surface area (Å²) in [5.41, 5.74) is -0.490. The monoisotopic (exact) mass is 421 g/mol. The summed E-state index contributed by atoms with van der Waals surface area (Å²) in [4.78, 5) is 13.3. The van der Waals surface area contributed by atoms with Crippen LogP contribution in [0.2, 0.25) is 0 Å². The third-order valence-corrected chi connectivity index (χ3v) is 3.66. The van der Waals surface area contributed by atoms with Crippen molar-refractivity contribution in [1.29, 1.82) is 0 Å². The highest BCUT2D eigenvalue weighted by Crippen LogP contribution is 2.08. The maximum atomic E-state index is 11.8. The highest BCUT2D eigenvalue weighted by atomic mass is 16.6. The molecule has 174 valence electrons. The van der Waals surface area contributed by atoms with E-state index in [2.05, 4.69) is 6.92 Å². The molecule has 0 bridgehead atoms. The van der Waals surface area contributed by atoms with E-state index in [0.717, 1.165) is 13.0 Å². The standard InChI is InChI=1S/C21H43NO7/c1-6-7-8-10-24-12-14-26-16-18-28-19-17-27-15-13-25-11-9-22(5)20(23)29-21(2,3)4/h6-19H2,1-5H3. The number of hydrogen-bond donors (Lipinski definition) is 0. The van der Waals surface area contributed by atoms with Gasteiger partial charge >= 0.3 is 6.09 Å². The Morgan fingerprint density at radius 1 is 0.690 bits per heavy atom. The van der Waals surface area contributed by atoms with Gasteiger partial charge in [-0.15, -0.1) is 0 Å². The van der Waals surface area contributed by atoms with Crippen molar-refractivity contribution in [2.24, 2.45) is 0 Å². The Kier molecular flexibility index (Phi) is 18.4. The number of likely N-dealkylation sites (N-methyl/N-ethyl adjacent to an activating group) is 1. The number of unbranched alkanes of at least 4 members (excludes halogenated alkanes) is 2. The Morgan fingerprint density at radius 2 is 1.10 bits per heavy atom. The molecular formula is C21H43NO7. The third-order valence-electron chi connectivity index (χ3n) is 3.66. The summed E-state index contributed by atoms with van der Waals surface area (Å²) in [6.07, 6.45) is 3.20. The summed E-state index contributed by atoms with van der Waals surface area (Å²) in [7, 11) is 1.69. The Labute approximate surface area is 177 Å². The molecule has 0 aromatic rings. The van der Waals surface area contributed by atoms with E-state index >= 15 is 0 Å². The fourth-order valence-corrected chi connectivity index (χ4v) is 2.07. The van der Waals surface area contributed by atoms with Crippen LogP contribution in [0, 0.1) is 0 Å². The largest absolute Gasteiger partial charge is 0.444 e. The highest BCUT2D eigenvalue weighted by molar-refractivity contribution is 5.67. The lowest BCUT2D eigenvalue weighted by Gasteiger charge is -2.24. The second-order valence-corrected chi connectivity index (χ2v) is 7.67. The molecule has 0 rings (SSSR count). The summed E-state index contributed by atoms with van der Waals surface area (Å²) < 4.78 is 32.5. The van der Waals surface area contributed by atoms with E-state index in [-0.39, 0.29) is 6.09 Å². The van der Waals surface area contributed by atoms with Gasteiger partial charge in [0.1, 0.15) is 5.60 Å². The Balaban J connectivity index is 3.23. The van der Waals surface area contributed by atoms with Gasteiger partial charge in [-0.2, -0.15) is 0 Å². The molecule has 0 aliphatic carbocycles. The van der Waals surface area contributed by atoms with Crippen molar-refractivity contribution in [1.82, 2.24) is 4.90 Å². The van der Waals surface area contributed by atoms with Gasteiger partial charge in [-0.1, -0.05) is 19.8 Å². The molecular weight excluding hydrogens is 378 g/mol. The molecule has 0 radical (unpaired) electrons. The molecule has 0 fully saturated rings. The van der Waals surface area contributed by atoms with Crippen molar-refractivity contribution in [3.05, 3.63) is 0 Å². The molecule has 0 saturated carbocycles. The summed E-state index contributed by atoms with van der Waals surface area (Å²) in [6.45, 7) is 13.8. The first-order valence-electron chi connectivity index (χ1n) is 10.7. The topological polar surface area (TPSA) is 75.7 Å². The molecule has 0 spiro atoms. The molecule has 0 saturated heterocycles. The summed E-state index contributed by atoms with van der Waals surface area (Å²) in [6, 6.07) is 0. The zero-order chi connectivity index (χ0) is 21.8. The molecule has 0 N–H and O–H groups in total. The number of hydrogen-bond acceptors (Lipinski definition) is 7. The van der Waals surface area contributed by atoms with Gasteiger partial charge < -0.3 is 33.3 Å². The second-order valence-electron chi connectivity index (χ2n) is 7.67. The first-order valence-corrected chi connectivity index (χ1v) is 10.7. The molecule has 0 aromatic heterocycles. The number of nitrogens with zero attached hydrogens (tertiary/aromatic N) is 1. The van der Waals surface area contributed by atoms with Crippen LogP contribution < -0.4 is 0 Å². The first kappa shape index (κ1) is 28.1. The van der Waals surface area contributed by atoms with Crippen molar-refractivity contribution in [2.75, 3.05) is 79.7 Å². The average molecular weight is 422 g/mol. The Hall–Kier alpha value is -0.930. The molecule has 0 unspecified atom stereocenters. The fraction of sp³-hybridized carbons (Fsp3) is 0.952. The van der Waals surface area contributed by atoms with Crippen molar-refractivity contribution < 1.29 is 33.2 Å². The minimum Gasteiger partial charge on any atom is -0.444 e. The molecule has 29 heavy (non-hydrogen) atoms. The average Bonchev–Trinajstić information content (AvgIpc) is 2.65. The maximum Gasteiger partial charge on any atom is 0.410 e. The van der Waals surface area contributed by atoms with Crippen molar-refractivity contribution in [3.8, 4) is 0 Å². The Bertz CT molecular complexity index is 375. The van der Waals surface area contributed by atoms with Crippen molar-refractivity contribution >= 4 is 6.09 Å². The molecule has 1 amide bonds. The van der Waals surface area contributed by atoms with Crippen LogP contribution in [-0.2, 0) is 28.4 Å². The molecule has 0 atom stereocenters. The van der Waals surface area contributed by atoms with Gasteiger partial charge in [-0.3, -0.25) is 0 Å². The van der Waals surface area contributed by atoms with Gasteiger partial charge in [0.25, 0.3) is 0 Å². The van der Waals surface area contributed by atoms with Crippen LogP contribution in [0.15, 0.2) is 0 Å². The lowest BCUT2D eigenvalue weighted by atomic mass is 10.2. The second kappa shape index (κ2) is 19.1. The van der Waals surface area contributed by atoms with E-state index in [1.807, 2.05) is 20.8 Å². The SMILES string of the molecule is CCCCCOCCOCCOCCOCCOCCN(C)C(=O)OC(C)(C)C. The van der Waals surface area contributed by atoms with E-state index in [0.29, 0.717) is 66.0 Å². The third kappa shape index (κ3) is 21.6. The maximum absolute atomic E-state index is 11.8. The van der Waals surface area contributed by atoms with E-state index < -0.39 is 5.60 Å². The molecule has 0 aromatic carbocycles. The predicted octanol–water partition coefficient (Wildman–Crippen LogP) is 3.13. The number of amides is 1. The van der Waals surface area contributed by atoms with Crippen molar-refractivity contribution in [2.45, 2.75) is 52.6 Å². The van der Waals surface area contributed by atoms with Crippen LogP contribution in [0.4, 0.5) is 4.79 Å². The zero-order valence-corrected chi connectivity index (χ0v) is 19.2. The zero-order valence-electron chi connectivity index (χ0n) is 19.2. The van der Waals surface area contributed by atoms with Gasteiger partial charge in [0.15, 0.2) is 0 Å². The summed E-state index contributed by atoms with van der Waals surface area (Å²) in [5.74, 6) is 0. The van der Waals surface area contributed by atoms with Crippen LogP contribution in [0.25, 0.3) is 0 Å². The highest BCUT2D eigenvalue weighted by Gasteiger charge is 2.19. The summed E-state index contributed by atoms with van der Waals surface area (Å²) >= 11 is 0. The summed E-state index contributed by atoms with van der Waals surface area (Å²) in [5, 5.41) is 0. The van der Waals surface area contributed by atoms with Gasteiger partial charge in [0.05, 0.1) is 59.5 Å².